The van der Waals surface area contributed by atoms with Crippen molar-refractivity contribution in [1.29, 1.82) is 0 Å². The molecule has 0 unspecified atom stereocenters. The van der Waals surface area contributed by atoms with E-state index in [9.17, 15) is 9.18 Å². The zero-order chi connectivity index (χ0) is 20.3. The molecular weight excluding hydrogens is 424 g/mol. The fraction of sp³-hybridized carbons (Fsp3) is 0.211. The number of benzene rings is 2. The molecule has 0 bridgehead atoms. The van der Waals surface area contributed by atoms with Crippen LogP contribution in [0.4, 0.5) is 4.39 Å². The number of carbonyl (C=O) groups excluding carboxylic acids is 1. The van der Waals surface area contributed by atoms with Gasteiger partial charge in [-0.3, -0.25) is 4.79 Å². The van der Waals surface area contributed by atoms with Gasteiger partial charge in [-0.2, -0.15) is 0 Å². The Morgan fingerprint density at radius 1 is 1.18 bits per heavy atom. The van der Waals surface area contributed by atoms with E-state index >= 15 is 0 Å². The van der Waals surface area contributed by atoms with Gasteiger partial charge in [0.25, 0.3) is 11.1 Å². The lowest BCUT2D eigenvalue weighted by Crippen LogP contribution is -2.33. The number of thioether (sulfide) groups is 1. The molecule has 2 aromatic carbocycles. The number of hydrogen-bond donors (Lipinski definition) is 1. The average molecular weight is 440 g/mol. The zero-order valence-electron chi connectivity index (χ0n) is 14.9. The Bertz CT molecular complexity index is 999. The molecule has 1 aromatic heterocycles. The van der Waals surface area contributed by atoms with E-state index in [1.165, 1.54) is 6.07 Å². The van der Waals surface area contributed by atoms with E-state index < -0.39 is 11.1 Å². The summed E-state index contributed by atoms with van der Waals surface area (Å²) in [4.78, 5) is 12.5. The number of aromatic nitrogens is 2. The van der Waals surface area contributed by atoms with Crippen molar-refractivity contribution < 1.29 is 13.6 Å². The normalized spacial score (nSPS) is 13.2. The molecule has 0 aliphatic rings. The SMILES string of the molecule is C[C@H](Sc1nnc(-c2ccccc2F)o1)C(=O)N[C@@H](C)c1ccc(Cl)cc1Cl. The average Bonchev–Trinajstić information content (AvgIpc) is 3.10. The minimum absolute atomic E-state index is 0.0644. The van der Waals surface area contributed by atoms with Crippen molar-refractivity contribution in [2.45, 2.75) is 30.4 Å². The largest absolute Gasteiger partial charge is 0.411 e. The van der Waals surface area contributed by atoms with Crippen molar-refractivity contribution in [3.05, 3.63) is 63.9 Å². The first-order chi connectivity index (χ1) is 13.3. The summed E-state index contributed by atoms with van der Waals surface area (Å²) in [6.45, 7) is 3.54. The molecule has 0 spiro atoms. The van der Waals surface area contributed by atoms with Gasteiger partial charge in [0.15, 0.2) is 0 Å². The Morgan fingerprint density at radius 3 is 2.64 bits per heavy atom. The summed E-state index contributed by atoms with van der Waals surface area (Å²) in [6, 6.07) is 10.9. The highest BCUT2D eigenvalue weighted by Gasteiger charge is 2.22. The van der Waals surface area contributed by atoms with Gasteiger partial charge in [0.05, 0.1) is 16.9 Å². The Labute approximate surface area is 175 Å². The molecule has 1 heterocycles. The summed E-state index contributed by atoms with van der Waals surface area (Å²) in [6.07, 6.45) is 0. The zero-order valence-corrected chi connectivity index (χ0v) is 17.3. The summed E-state index contributed by atoms with van der Waals surface area (Å²) in [5, 5.41) is 11.3. The van der Waals surface area contributed by atoms with Gasteiger partial charge >= 0.3 is 0 Å². The first-order valence-corrected chi connectivity index (χ1v) is 9.99. The molecule has 0 aliphatic carbocycles. The van der Waals surface area contributed by atoms with Crippen LogP contribution in [0.15, 0.2) is 52.1 Å². The predicted octanol–water partition coefficient (Wildman–Crippen LogP) is 5.54. The Morgan fingerprint density at radius 2 is 1.93 bits per heavy atom. The molecule has 0 radical (unpaired) electrons. The third-order valence-corrected chi connectivity index (χ3v) is 5.44. The third kappa shape index (κ3) is 4.84. The molecule has 9 heteroatoms. The van der Waals surface area contributed by atoms with Gasteiger partial charge in [0.1, 0.15) is 5.82 Å². The molecule has 3 aromatic rings. The van der Waals surface area contributed by atoms with Crippen LogP contribution in [0.1, 0.15) is 25.5 Å². The number of nitrogens with one attached hydrogen (secondary N) is 1. The molecule has 1 amide bonds. The minimum atomic E-state index is -0.512. The molecule has 5 nitrogen and oxygen atoms in total. The van der Waals surface area contributed by atoms with Gasteiger partial charge < -0.3 is 9.73 Å². The van der Waals surface area contributed by atoms with E-state index in [1.807, 2.05) is 6.92 Å². The van der Waals surface area contributed by atoms with Crippen LogP contribution >= 0.6 is 35.0 Å². The van der Waals surface area contributed by atoms with E-state index in [0.29, 0.717) is 10.0 Å². The maximum Gasteiger partial charge on any atom is 0.277 e. The number of halogens is 3. The summed E-state index contributed by atoms with van der Waals surface area (Å²) in [5.41, 5.74) is 0.973. The maximum absolute atomic E-state index is 13.8. The number of rotatable bonds is 6. The second-order valence-electron chi connectivity index (χ2n) is 6.01. The highest BCUT2D eigenvalue weighted by atomic mass is 35.5. The van der Waals surface area contributed by atoms with Crippen molar-refractivity contribution in [2.75, 3.05) is 0 Å². The fourth-order valence-electron chi connectivity index (χ4n) is 2.47. The summed E-state index contributed by atoms with van der Waals surface area (Å²) in [5.74, 6) is -0.620. The van der Waals surface area contributed by atoms with Crippen molar-refractivity contribution >= 4 is 40.9 Å². The van der Waals surface area contributed by atoms with Crippen molar-refractivity contribution in [3.63, 3.8) is 0 Å². The van der Waals surface area contributed by atoms with Crippen LogP contribution in [0.25, 0.3) is 11.5 Å². The Hall–Kier alpha value is -2.09. The third-order valence-electron chi connectivity index (χ3n) is 3.95. The Balaban J connectivity index is 1.64. The van der Waals surface area contributed by atoms with Crippen LogP contribution < -0.4 is 5.32 Å². The molecule has 0 saturated heterocycles. The van der Waals surface area contributed by atoms with Crippen molar-refractivity contribution in [2.24, 2.45) is 0 Å². The second-order valence-corrected chi connectivity index (χ2v) is 8.14. The minimum Gasteiger partial charge on any atom is -0.411 e. The lowest BCUT2D eigenvalue weighted by Gasteiger charge is -2.18. The van der Waals surface area contributed by atoms with Gasteiger partial charge in [-0.15, -0.1) is 10.2 Å². The molecule has 1 N–H and O–H groups in total. The van der Waals surface area contributed by atoms with Gasteiger partial charge in [0.2, 0.25) is 5.91 Å². The molecule has 3 rings (SSSR count). The monoisotopic (exact) mass is 439 g/mol. The van der Waals surface area contributed by atoms with Gasteiger partial charge in [-0.25, -0.2) is 4.39 Å². The number of amides is 1. The van der Waals surface area contributed by atoms with E-state index in [-0.39, 0.29) is 28.6 Å². The molecule has 28 heavy (non-hydrogen) atoms. The van der Waals surface area contributed by atoms with E-state index in [4.69, 9.17) is 27.6 Å². The van der Waals surface area contributed by atoms with Crippen LogP contribution in [-0.4, -0.2) is 21.4 Å². The highest BCUT2D eigenvalue weighted by molar-refractivity contribution is 8.00. The van der Waals surface area contributed by atoms with Crippen LogP contribution in [0.2, 0.25) is 10.0 Å². The maximum atomic E-state index is 13.8. The van der Waals surface area contributed by atoms with Crippen LogP contribution in [-0.2, 0) is 4.79 Å². The Kier molecular flexibility index (Phi) is 6.59. The highest BCUT2D eigenvalue weighted by Crippen LogP contribution is 2.29. The van der Waals surface area contributed by atoms with Crippen LogP contribution in [0.5, 0.6) is 0 Å². The molecule has 0 fully saturated rings. The number of carbonyl (C=O) groups is 1. The summed E-state index contributed by atoms with van der Waals surface area (Å²) < 4.78 is 19.3. The predicted molar refractivity (Wildman–Crippen MR) is 108 cm³/mol. The molecule has 2 atom stereocenters. The molecule has 146 valence electrons. The number of hydrogen-bond acceptors (Lipinski definition) is 5. The smallest absolute Gasteiger partial charge is 0.277 e. The van der Waals surface area contributed by atoms with Gasteiger partial charge in [-0.1, -0.05) is 53.2 Å². The van der Waals surface area contributed by atoms with Crippen molar-refractivity contribution in [3.8, 4) is 11.5 Å². The lowest BCUT2D eigenvalue weighted by atomic mass is 10.1. The summed E-state index contributed by atoms with van der Waals surface area (Å²) >= 11 is 13.2. The first-order valence-electron chi connectivity index (χ1n) is 8.35. The van der Waals surface area contributed by atoms with Gasteiger partial charge in [-0.05, 0) is 43.7 Å². The van der Waals surface area contributed by atoms with Crippen LogP contribution in [0.3, 0.4) is 0 Å². The second kappa shape index (κ2) is 8.94. The first kappa shape index (κ1) is 20.6. The standard InChI is InChI=1S/C19H16Cl2FN3O2S/c1-10(13-8-7-12(20)9-15(13)21)23-17(26)11(2)28-19-25-24-18(27-19)14-5-3-4-6-16(14)22/h3-11H,1-2H3,(H,23,26)/t10-,11-/m0/s1. The van der Waals surface area contributed by atoms with E-state index in [0.717, 1.165) is 17.3 Å². The molecule has 0 aliphatic heterocycles. The van der Waals surface area contributed by atoms with Crippen molar-refractivity contribution in [1.82, 2.24) is 15.5 Å². The topological polar surface area (TPSA) is 68.0 Å². The fourth-order valence-corrected chi connectivity index (χ4v) is 3.73. The van der Waals surface area contributed by atoms with Gasteiger partial charge in [0, 0.05) is 10.0 Å². The quantitative estimate of drug-likeness (QED) is 0.510. The molecular formula is C19H16Cl2FN3O2S. The van der Waals surface area contributed by atoms with E-state index in [2.05, 4.69) is 15.5 Å². The lowest BCUT2D eigenvalue weighted by molar-refractivity contribution is -0.120. The summed E-state index contributed by atoms with van der Waals surface area (Å²) in [7, 11) is 0. The van der Waals surface area contributed by atoms with E-state index in [1.54, 1.807) is 43.3 Å². The van der Waals surface area contributed by atoms with Crippen LogP contribution in [0, 0.1) is 5.82 Å². The molecule has 0 saturated carbocycles. The number of nitrogens with zero attached hydrogens (tertiary/aromatic N) is 2.